The van der Waals surface area contributed by atoms with Crippen molar-refractivity contribution in [3.8, 4) is 0 Å². The van der Waals surface area contributed by atoms with Crippen LogP contribution in [0.3, 0.4) is 0 Å². The van der Waals surface area contributed by atoms with Gasteiger partial charge in [-0.05, 0) is 44.4 Å². The average Bonchev–Trinajstić information content (AvgIpc) is 2.98. The van der Waals surface area contributed by atoms with E-state index in [0.29, 0.717) is 32.2 Å². The average molecular weight is 586 g/mol. The van der Waals surface area contributed by atoms with Gasteiger partial charge in [0.2, 0.25) is 0 Å². The van der Waals surface area contributed by atoms with Crippen molar-refractivity contribution < 1.29 is 10.2 Å². The number of benzene rings is 1. The van der Waals surface area contributed by atoms with E-state index in [4.69, 9.17) is 0 Å². The van der Waals surface area contributed by atoms with E-state index in [9.17, 15) is 10.2 Å². The van der Waals surface area contributed by atoms with Crippen molar-refractivity contribution in [2.24, 2.45) is 0 Å². The molecule has 4 atom stereocenters. The van der Waals surface area contributed by atoms with E-state index in [2.05, 4.69) is 96.0 Å². The van der Waals surface area contributed by atoms with E-state index in [0.717, 1.165) is 70.9 Å². The van der Waals surface area contributed by atoms with E-state index < -0.39 is 12.2 Å². The minimum atomic E-state index is -0.474. The number of anilines is 1. The topological polar surface area (TPSA) is 65.5 Å². The Labute approximate surface area is 257 Å². The Bertz CT molecular complexity index is 882. The Hall–Kier alpha value is -1.48. The second-order valence-electron chi connectivity index (χ2n) is 13.2. The predicted octanol–water partition coefficient (Wildman–Crippen LogP) is 4.34. The van der Waals surface area contributed by atoms with Crippen LogP contribution < -0.4 is 10.2 Å². The maximum Gasteiger partial charge on any atom is 0.0841 e. The number of hydrogen-bond acceptors (Lipinski definition) is 7. The fourth-order valence-corrected chi connectivity index (χ4v) is 6.92. The summed E-state index contributed by atoms with van der Waals surface area (Å²) in [5, 5.41) is 25.8. The molecule has 4 unspecified atom stereocenters. The molecule has 0 radical (unpaired) electrons. The standard InChI is InChI=1S/C35H63N5O2/c1-6-9-10-11-30(4)39-24-22-38(23-25-39)27-34(42)29-40(28-33(41)26-37-20-18-36-19-21-37)32-14-12-31(13-15-32)35(5,16-7-2)17-8-3/h7,12-16,30,33-34,36,41-42H,6,8-11,17-29H2,1-5H3/b16-7-. The SMILES string of the molecule is C/C=C\C(C)(CCC)c1ccc(N(CC(O)CN2CCNCC2)CC(O)CN2CCN(C(C)CCCCC)CC2)cc1. The summed E-state index contributed by atoms with van der Waals surface area (Å²) in [5.41, 5.74) is 2.40. The van der Waals surface area contributed by atoms with Gasteiger partial charge in [0.05, 0.1) is 12.2 Å². The molecule has 0 spiro atoms. The largest absolute Gasteiger partial charge is 0.390 e. The summed E-state index contributed by atoms with van der Waals surface area (Å²) in [5.74, 6) is 0. The third-order valence-corrected chi connectivity index (χ3v) is 9.46. The molecule has 7 nitrogen and oxygen atoms in total. The van der Waals surface area contributed by atoms with E-state index in [1.165, 1.54) is 31.2 Å². The number of nitrogens with zero attached hydrogens (tertiary/aromatic N) is 4. The minimum Gasteiger partial charge on any atom is -0.390 e. The lowest BCUT2D eigenvalue weighted by atomic mass is 9.78. The highest BCUT2D eigenvalue weighted by atomic mass is 16.3. The fourth-order valence-electron chi connectivity index (χ4n) is 6.92. The zero-order valence-corrected chi connectivity index (χ0v) is 27.6. The monoisotopic (exact) mass is 585 g/mol. The number of aliphatic hydroxyl groups excluding tert-OH is 2. The van der Waals surface area contributed by atoms with Crippen LogP contribution >= 0.6 is 0 Å². The smallest absolute Gasteiger partial charge is 0.0841 e. The second kappa shape index (κ2) is 18.4. The maximum atomic E-state index is 11.3. The van der Waals surface area contributed by atoms with E-state index in [1.807, 2.05) is 0 Å². The molecular formula is C35H63N5O2. The summed E-state index contributed by atoms with van der Waals surface area (Å²) in [7, 11) is 0. The lowest BCUT2D eigenvalue weighted by Gasteiger charge is -2.39. The van der Waals surface area contributed by atoms with Gasteiger partial charge in [-0.1, -0.05) is 70.7 Å². The molecule has 240 valence electrons. The van der Waals surface area contributed by atoms with Gasteiger partial charge in [-0.3, -0.25) is 14.7 Å². The highest BCUT2D eigenvalue weighted by Crippen LogP contribution is 2.32. The molecule has 0 aromatic heterocycles. The molecule has 2 heterocycles. The number of piperazine rings is 2. The molecule has 2 fully saturated rings. The Kier molecular flexibility index (Phi) is 15.3. The Morgan fingerprint density at radius 1 is 0.881 bits per heavy atom. The van der Waals surface area contributed by atoms with Gasteiger partial charge >= 0.3 is 0 Å². The summed E-state index contributed by atoms with van der Waals surface area (Å²) in [6.45, 7) is 21.8. The number of β-amino-alcohol motifs (C(OH)–C–C–N with tert-alkyl or cyclic N) is 2. The molecule has 0 aliphatic carbocycles. The number of aliphatic hydroxyl groups is 2. The molecule has 2 saturated heterocycles. The molecule has 3 N–H and O–H groups in total. The van der Waals surface area contributed by atoms with Crippen LogP contribution in [-0.4, -0.2) is 122 Å². The number of allylic oxidation sites excluding steroid dienone is 2. The van der Waals surface area contributed by atoms with Crippen LogP contribution in [0.25, 0.3) is 0 Å². The Balaban J connectivity index is 1.63. The predicted molar refractivity (Wildman–Crippen MR) is 179 cm³/mol. The van der Waals surface area contributed by atoms with Crippen LogP contribution in [-0.2, 0) is 5.41 Å². The molecule has 42 heavy (non-hydrogen) atoms. The fraction of sp³-hybridized carbons (Fsp3) is 0.771. The lowest BCUT2D eigenvalue weighted by molar-refractivity contribution is 0.0578. The van der Waals surface area contributed by atoms with E-state index in [1.54, 1.807) is 0 Å². The number of hydrogen-bond donors (Lipinski definition) is 3. The summed E-state index contributed by atoms with van der Waals surface area (Å²) in [6.07, 6.45) is 11.0. The lowest BCUT2D eigenvalue weighted by Crippen LogP contribution is -2.52. The van der Waals surface area contributed by atoms with Gasteiger partial charge in [-0.15, -0.1) is 0 Å². The zero-order valence-electron chi connectivity index (χ0n) is 27.6. The molecule has 3 rings (SSSR count). The third-order valence-electron chi connectivity index (χ3n) is 9.46. The molecule has 0 bridgehead atoms. The van der Waals surface area contributed by atoms with Crippen LogP contribution in [0.1, 0.15) is 78.7 Å². The summed E-state index contributed by atoms with van der Waals surface area (Å²) in [4.78, 5) is 9.60. The van der Waals surface area contributed by atoms with Crippen LogP contribution in [0.15, 0.2) is 36.4 Å². The Morgan fingerprint density at radius 3 is 2.02 bits per heavy atom. The van der Waals surface area contributed by atoms with Crippen LogP contribution in [0.2, 0.25) is 0 Å². The second-order valence-corrected chi connectivity index (χ2v) is 13.2. The van der Waals surface area contributed by atoms with Gasteiger partial charge in [0.1, 0.15) is 0 Å². The van der Waals surface area contributed by atoms with E-state index in [-0.39, 0.29) is 5.41 Å². The number of rotatable bonds is 18. The van der Waals surface area contributed by atoms with Gasteiger partial charge in [0, 0.05) is 95.7 Å². The summed E-state index contributed by atoms with van der Waals surface area (Å²) < 4.78 is 0. The van der Waals surface area contributed by atoms with Crippen molar-refractivity contribution in [2.45, 2.75) is 96.8 Å². The molecule has 1 aromatic carbocycles. The van der Waals surface area contributed by atoms with Gasteiger partial charge in [-0.2, -0.15) is 0 Å². The van der Waals surface area contributed by atoms with Crippen LogP contribution in [0.5, 0.6) is 0 Å². The number of nitrogens with one attached hydrogen (secondary N) is 1. The van der Waals surface area contributed by atoms with Crippen molar-refractivity contribution in [3.63, 3.8) is 0 Å². The normalized spacial score (nSPS) is 21.3. The third kappa shape index (κ3) is 11.2. The highest BCUT2D eigenvalue weighted by Gasteiger charge is 2.26. The van der Waals surface area contributed by atoms with Crippen molar-refractivity contribution in [2.75, 3.05) is 83.4 Å². The molecule has 7 heteroatoms. The molecule has 1 aromatic rings. The van der Waals surface area contributed by atoms with Crippen molar-refractivity contribution in [1.29, 1.82) is 0 Å². The first-order valence-corrected chi connectivity index (χ1v) is 17.0. The number of unbranched alkanes of at least 4 members (excludes halogenated alkanes) is 2. The van der Waals surface area contributed by atoms with Crippen LogP contribution in [0.4, 0.5) is 5.69 Å². The maximum absolute atomic E-state index is 11.3. The molecule has 0 amide bonds. The van der Waals surface area contributed by atoms with Crippen molar-refractivity contribution in [1.82, 2.24) is 20.0 Å². The Morgan fingerprint density at radius 2 is 1.48 bits per heavy atom. The first kappa shape index (κ1) is 35.0. The summed E-state index contributed by atoms with van der Waals surface area (Å²) in [6, 6.07) is 9.51. The molecule has 2 aliphatic rings. The van der Waals surface area contributed by atoms with Gasteiger partial charge in [-0.25, -0.2) is 0 Å². The minimum absolute atomic E-state index is 0.0177. The zero-order chi connectivity index (χ0) is 30.4. The van der Waals surface area contributed by atoms with Gasteiger partial charge < -0.3 is 20.4 Å². The van der Waals surface area contributed by atoms with Crippen molar-refractivity contribution >= 4 is 5.69 Å². The quantitative estimate of drug-likeness (QED) is 0.175. The van der Waals surface area contributed by atoms with Gasteiger partial charge in [0.15, 0.2) is 0 Å². The molecule has 0 saturated carbocycles. The first-order valence-electron chi connectivity index (χ1n) is 17.0. The van der Waals surface area contributed by atoms with Crippen LogP contribution in [0, 0.1) is 0 Å². The molecular weight excluding hydrogens is 522 g/mol. The highest BCUT2D eigenvalue weighted by molar-refractivity contribution is 5.49. The molecule has 2 aliphatic heterocycles. The van der Waals surface area contributed by atoms with Gasteiger partial charge in [0.25, 0.3) is 0 Å². The van der Waals surface area contributed by atoms with Crippen molar-refractivity contribution in [3.05, 3.63) is 42.0 Å². The summed E-state index contributed by atoms with van der Waals surface area (Å²) >= 11 is 0. The first-order chi connectivity index (χ1) is 20.3. The van der Waals surface area contributed by atoms with E-state index >= 15 is 0 Å².